The molecule has 3 aliphatic rings. The molecule has 0 saturated carbocycles. The van der Waals surface area contributed by atoms with Crippen molar-refractivity contribution in [3.8, 4) is 66.8 Å². The molecule has 1 nitrogen and oxygen atoms in total. The molecule has 0 amide bonds. The second-order valence-corrected chi connectivity index (χ2v) is 19.2. The van der Waals surface area contributed by atoms with Gasteiger partial charge < -0.3 is 4.90 Å². The molecule has 0 aromatic heterocycles. The van der Waals surface area contributed by atoms with Gasteiger partial charge in [0.2, 0.25) is 0 Å². The minimum Gasteiger partial charge on any atom is -0.307 e. The highest BCUT2D eigenvalue weighted by Gasteiger charge is 2.49. The van der Waals surface area contributed by atoms with E-state index in [-0.39, 0.29) is 10.8 Å². The molecule has 9 aromatic rings. The van der Waals surface area contributed by atoms with Gasteiger partial charge in [0.25, 0.3) is 0 Å². The van der Waals surface area contributed by atoms with Crippen LogP contribution in [0.2, 0.25) is 0 Å². The maximum absolute atomic E-state index is 2.68. The van der Waals surface area contributed by atoms with Crippen molar-refractivity contribution in [2.45, 2.75) is 48.3 Å². The van der Waals surface area contributed by atoms with E-state index in [2.05, 4.69) is 233 Å². The van der Waals surface area contributed by atoms with Crippen LogP contribution in [0.1, 0.15) is 49.9 Å². The van der Waals surface area contributed by atoms with Gasteiger partial charge in [-0.1, -0.05) is 203 Å². The van der Waals surface area contributed by atoms with Crippen LogP contribution in [0.15, 0.2) is 210 Å². The first-order valence-corrected chi connectivity index (χ1v) is 22.6. The molecular formula is C60H45NS. The van der Waals surface area contributed by atoms with Gasteiger partial charge in [-0.3, -0.25) is 0 Å². The van der Waals surface area contributed by atoms with Crippen LogP contribution in [0.3, 0.4) is 0 Å². The van der Waals surface area contributed by atoms with Gasteiger partial charge >= 0.3 is 0 Å². The van der Waals surface area contributed by atoms with Crippen LogP contribution in [0.25, 0.3) is 66.8 Å². The molecule has 0 atom stereocenters. The van der Waals surface area contributed by atoms with E-state index in [4.69, 9.17) is 0 Å². The lowest BCUT2D eigenvalue weighted by atomic mass is 9.65. The lowest BCUT2D eigenvalue weighted by Gasteiger charge is -2.52. The smallest absolute Gasteiger partial charge is 0.0643 e. The second-order valence-electron chi connectivity index (χ2n) is 18.1. The number of hydrogen-bond donors (Lipinski definition) is 0. The Kier molecular flexibility index (Phi) is 8.24. The van der Waals surface area contributed by atoms with Crippen LogP contribution in [-0.2, 0) is 10.8 Å². The van der Waals surface area contributed by atoms with Crippen molar-refractivity contribution in [2.75, 3.05) is 4.90 Å². The van der Waals surface area contributed by atoms with Crippen molar-refractivity contribution in [3.63, 3.8) is 0 Å². The molecule has 62 heavy (non-hydrogen) atoms. The Morgan fingerprint density at radius 3 is 0.871 bits per heavy atom. The first-order chi connectivity index (χ1) is 30.3. The van der Waals surface area contributed by atoms with E-state index in [0.717, 1.165) is 0 Å². The Hall–Kier alpha value is -6.87. The van der Waals surface area contributed by atoms with Crippen LogP contribution in [0.5, 0.6) is 0 Å². The zero-order valence-electron chi connectivity index (χ0n) is 35.4. The molecule has 0 fully saturated rings. The van der Waals surface area contributed by atoms with Crippen molar-refractivity contribution in [2.24, 2.45) is 0 Å². The summed E-state index contributed by atoms with van der Waals surface area (Å²) in [7, 11) is 0. The van der Waals surface area contributed by atoms with Crippen molar-refractivity contribution in [1.29, 1.82) is 0 Å². The summed E-state index contributed by atoms with van der Waals surface area (Å²) in [5.74, 6) is 0. The molecule has 2 heteroatoms. The van der Waals surface area contributed by atoms with E-state index < -0.39 is 0 Å². The molecule has 0 radical (unpaired) electrons. The molecule has 12 rings (SSSR count). The molecule has 0 unspecified atom stereocenters. The molecule has 0 N–H and O–H groups in total. The van der Waals surface area contributed by atoms with Gasteiger partial charge in [-0.25, -0.2) is 0 Å². The molecule has 0 spiro atoms. The fourth-order valence-electron chi connectivity index (χ4n) is 10.6. The summed E-state index contributed by atoms with van der Waals surface area (Å²) in [6.07, 6.45) is 0. The zero-order valence-corrected chi connectivity index (χ0v) is 36.2. The molecule has 0 bridgehead atoms. The average molecular weight is 812 g/mol. The van der Waals surface area contributed by atoms with Crippen LogP contribution in [0.4, 0.5) is 17.1 Å². The normalized spacial score (nSPS) is 14.6. The summed E-state index contributed by atoms with van der Waals surface area (Å²) in [5, 5.41) is 0. The van der Waals surface area contributed by atoms with Gasteiger partial charge in [0.1, 0.15) is 0 Å². The van der Waals surface area contributed by atoms with Gasteiger partial charge in [0, 0.05) is 20.6 Å². The molecular weight excluding hydrogens is 767 g/mol. The predicted molar refractivity (Wildman–Crippen MR) is 262 cm³/mol. The van der Waals surface area contributed by atoms with Gasteiger partial charge in [0.15, 0.2) is 0 Å². The highest BCUT2D eigenvalue weighted by molar-refractivity contribution is 7.99. The SMILES string of the molecule is CC1(C)c2cc(-c3ccccc3-c3ccccc3)cc3c2N2c4c(cc(-c5ccccc5-c5ccccc5)cc4C(C)(C)c4cc(-c5ccccc5-c5ccccc5)cc1c42)S3. The summed E-state index contributed by atoms with van der Waals surface area (Å²) in [4.78, 5) is 5.28. The maximum Gasteiger partial charge on any atom is 0.0643 e. The highest BCUT2D eigenvalue weighted by Crippen LogP contribution is 2.67. The van der Waals surface area contributed by atoms with Crippen LogP contribution in [-0.4, -0.2) is 0 Å². The fraction of sp³-hybridized carbons (Fsp3) is 0.100. The summed E-state index contributed by atoms with van der Waals surface area (Å²) in [5.41, 5.74) is 23.8. The predicted octanol–water partition coefficient (Wildman–Crippen LogP) is 16.9. The van der Waals surface area contributed by atoms with E-state index in [1.54, 1.807) is 0 Å². The molecule has 0 saturated heterocycles. The first kappa shape index (κ1) is 36.9. The van der Waals surface area contributed by atoms with Gasteiger partial charge in [0.05, 0.1) is 17.1 Å². The lowest BCUT2D eigenvalue weighted by molar-refractivity contribution is 0.593. The largest absolute Gasteiger partial charge is 0.307 e. The quantitative estimate of drug-likeness (QED) is 0.165. The first-order valence-electron chi connectivity index (χ1n) is 21.8. The number of rotatable bonds is 6. The highest BCUT2D eigenvalue weighted by atomic mass is 32.2. The lowest BCUT2D eigenvalue weighted by Crippen LogP contribution is -2.39. The second kappa shape index (κ2) is 13.8. The summed E-state index contributed by atoms with van der Waals surface area (Å²) < 4.78 is 0. The minimum atomic E-state index is -0.305. The third-order valence-corrected chi connectivity index (χ3v) is 14.9. The Labute approximate surface area is 369 Å². The summed E-state index contributed by atoms with van der Waals surface area (Å²) in [6, 6.07) is 74.4. The number of anilines is 3. The third-order valence-electron chi connectivity index (χ3n) is 13.8. The monoisotopic (exact) mass is 811 g/mol. The Morgan fingerprint density at radius 2 is 0.548 bits per heavy atom. The van der Waals surface area contributed by atoms with Crippen molar-refractivity contribution < 1.29 is 0 Å². The van der Waals surface area contributed by atoms with Gasteiger partial charge in [-0.15, -0.1) is 0 Å². The molecule has 296 valence electrons. The van der Waals surface area contributed by atoms with Crippen molar-refractivity contribution in [1.82, 2.24) is 0 Å². The summed E-state index contributed by atoms with van der Waals surface area (Å²) in [6.45, 7) is 9.84. The Morgan fingerprint density at radius 1 is 0.290 bits per heavy atom. The number of benzene rings is 9. The van der Waals surface area contributed by atoms with E-state index >= 15 is 0 Å². The maximum atomic E-state index is 2.68. The van der Waals surface area contributed by atoms with Crippen molar-refractivity contribution >= 4 is 28.8 Å². The minimum absolute atomic E-state index is 0.305. The molecule has 3 aliphatic heterocycles. The van der Waals surface area contributed by atoms with Crippen LogP contribution < -0.4 is 4.90 Å². The Balaban J connectivity index is 1.16. The fourth-order valence-corrected chi connectivity index (χ4v) is 11.8. The van der Waals surface area contributed by atoms with Crippen LogP contribution >= 0.6 is 11.8 Å². The third kappa shape index (κ3) is 5.49. The van der Waals surface area contributed by atoms with E-state index in [1.807, 2.05) is 11.8 Å². The molecule has 0 aliphatic carbocycles. The van der Waals surface area contributed by atoms with Gasteiger partial charge in [-0.2, -0.15) is 0 Å². The van der Waals surface area contributed by atoms with E-state index in [9.17, 15) is 0 Å². The van der Waals surface area contributed by atoms with Crippen molar-refractivity contribution in [3.05, 3.63) is 222 Å². The summed E-state index contributed by atoms with van der Waals surface area (Å²) >= 11 is 1.95. The van der Waals surface area contributed by atoms with Crippen LogP contribution in [0, 0.1) is 0 Å². The van der Waals surface area contributed by atoms with Gasteiger partial charge in [-0.05, 0) is 125 Å². The average Bonchev–Trinajstić information content (AvgIpc) is 3.32. The Bertz CT molecular complexity index is 3080. The molecule has 9 aromatic carbocycles. The number of hydrogen-bond acceptors (Lipinski definition) is 2. The topological polar surface area (TPSA) is 3.24 Å². The number of nitrogens with zero attached hydrogens (tertiary/aromatic N) is 1. The van der Waals surface area contributed by atoms with E-state index in [1.165, 1.54) is 116 Å². The van der Waals surface area contributed by atoms with E-state index in [0.29, 0.717) is 0 Å². The molecule has 3 heterocycles. The zero-order chi connectivity index (χ0) is 41.7. The standard InChI is InChI=1S/C60H45NS/c1-59(2)50-32-41(47-29-17-14-26-44(47)38-20-8-5-9-21-38)33-51-56(50)61-57-52(59)34-42(48-30-18-15-27-45(48)39-22-10-6-11-23-39)36-54(57)62-55-37-43(35-53(58(55)61)60(51,3)4)49-31-19-16-28-46(49)40-24-12-7-13-25-40/h5-37H,1-4H3.